The Morgan fingerprint density at radius 3 is 2.77 bits per heavy atom. The summed E-state index contributed by atoms with van der Waals surface area (Å²) < 4.78 is 6.21. The Morgan fingerprint density at radius 1 is 1.27 bits per heavy atom. The smallest absolute Gasteiger partial charge is 0.311 e. The zero-order chi connectivity index (χ0) is 18.7. The zero-order valence-electron chi connectivity index (χ0n) is 14.3. The van der Waals surface area contributed by atoms with Gasteiger partial charge in [0.1, 0.15) is 0 Å². The van der Waals surface area contributed by atoms with Gasteiger partial charge in [-0.25, -0.2) is 4.98 Å². The number of thiazole rings is 1. The van der Waals surface area contributed by atoms with E-state index in [1.165, 1.54) is 35.1 Å². The van der Waals surface area contributed by atoms with Crippen molar-refractivity contribution in [3.63, 3.8) is 0 Å². The summed E-state index contributed by atoms with van der Waals surface area (Å²) in [6, 6.07) is 10.1. The van der Waals surface area contributed by atoms with Crippen molar-refractivity contribution in [2.75, 3.05) is 11.9 Å². The van der Waals surface area contributed by atoms with Crippen molar-refractivity contribution in [1.82, 2.24) is 4.98 Å². The Balaban J connectivity index is 1.85. The van der Waals surface area contributed by atoms with Gasteiger partial charge in [0.15, 0.2) is 10.9 Å². The summed E-state index contributed by atoms with van der Waals surface area (Å²) in [5, 5.41) is 14.4. The molecule has 0 saturated heterocycles. The van der Waals surface area contributed by atoms with Crippen molar-refractivity contribution < 1.29 is 14.5 Å². The first-order valence-corrected chi connectivity index (χ1v) is 8.95. The molecule has 0 atom stereocenters. The van der Waals surface area contributed by atoms with Crippen molar-refractivity contribution in [3.05, 3.63) is 57.6 Å². The first-order chi connectivity index (χ1) is 12.5. The predicted molar refractivity (Wildman–Crippen MR) is 101 cm³/mol. The lowest BCUT2D eigenvalue weighted by atomic mass is 10.1. The van der Waals surface area contributed by atoms with Gasteiger partial charge in [-0.2, -0.15) is 0 Å². The van der Waals surface area contributed by atoms with Crippen LogP contribution in [0.1, 0.15) is 29.8 Å². The van der Waals surface area contributed by atoms with Gasteiger partial charge in [0.2, 0.25) is 0 Å². The molecule has 3 rings (SSSR count). The van der Waals surface area contributed by atoms with Crippen LogP contribution >= 0.6 is 11.3 Å². The van der Waals surface area contributed by atoms with Crippen LogP contribution in [0.4, 0.5) is 10.8 Å². The molecule has 134 valence electrons. The largest absolute Gasteiger partial charge is 0.487 e. The third-order valence-corrected chi connectivity index (χ3v) is 4.73. The van der Waals surface area contributed by atoms with E-state index in [9.17, 15) is 14.9 Å². The topological polar surface area (TPSA) is 94.4 Å². The molecule has 26 heavy (non-hydrogen) atoms. The second kappa shape index (κ2) is 7.49. The lowest BCUT2D eigenvalue weighted by molar-refractivity contribution is -0.385. The Labute approximate surface area is 153 Å². The van der Waals surface area contributed by atoms with E-state index in [0.29, 0.717) is 11.7 Å². The SMILES string of the molecule is CCOc1ccc(C(=O)Nc2nc3ccc(CC)cc3s2)cc1[N+](=O)[O-]. The average molecular weight is 371 g/mol. The van der Waals surface area contributed by atoms with E-state index < -0.39 is 10.8 Å². The number of carbonyl (C=O) groups excluding carboxylic acids is 1. The van der Waals surface area contributed by atoms with Crippen molar-refractivity contribution in [3.8, 4) is 5.75 Å². The number of nitro benzene ring substituents is 1. The molecule has 0 aliphatic heterocycles. The number of nitro groups is 1. The minimum Gasteiger partial charge on any atom is -0.487 e. The Kier molecular flexibility index (Phi) is 5.13. The molecule has 0 radical (unpaired) electrons. The van der Waals surface area contributed by atoms with Crippen LogP contribution in [0.15, 0.2) is 36.4 Å². The average Bonchev–Trinajstić information content (AvgIpc) is 3.03. The van der Waals surface area contributed by atoms with Crippen LogP contribution in [0.5, 0.6) is 5.75 Å². The first-order valence-electron chi connectivity index (χ1n) is 8.13. The van der Waals surface area contributed by atoms with Gasteiger partial charge >= 0.3 is 5.69 Å². The van der Waals surface area contributed by atoms with E-state index in [4.69, 9.17) is 4.74 Å². The van der Waals surface area contributed by atoms with Crippen LogP contribution in [0, 0.1) is 10.1 Å². The molecular formula is C18H17N3O4S. The second-order valence-corrected chi connectivity index (χ2v) is 6.53. The first kappa shape index (κ1) is 17.8. The summed E-state index contributed by atoms with van der Waals surface area (Å²) in [6.07, 6.45) is 0.922. The van der Waals surface area contributed by atoms with Crippen LogP contribution in [0.2, 0.25) is 0 Å². The molecule has 7 nitrogen and oxygen atoms in total. The van der Waals surface area contributed by atoms with Crippen LogP contribution in [-0.4, -0.2) is 22.4 Å². The fourth-order valence-corrected chi connectivity index (χ4v) is 3.42. The highest BCUT2D eigenvalue weighted by atomic mass is 32.1. The number of rotatable bonds is 6. The number of ether oxygens (including phenoxy) is 1. The molecule has 3 aromatic rings. The lowest BCUT2D eigenvalue weighted by Crippen LogP contribution is -2.12. The summed E-state index contributed by atoms with van der Waals surface area (Å²) in [4.78, 5) is 27.5. The van der Waals surface area contributed by atoms with Crippen LogP contribution in [-0.2, 0) is 6.42 Å². The van der Waals surface area contributed by atoms with Gasteiger partial charge in [-0.15, -0.1) is 0 Å². The fraction of sp³-hybridized carbons (Fsp3) is 0.222. The quantitative estimate of drug-likeness (QED) is 0.511. The molecular weight excluding hydrogens is 354 g/mol. The van der Waals surface area contributed by atoms with Crippen molar-refractivity contribution in [1.29, 1.82) is 0 Å². The van der Waals surface area contributed by atoms with Gasteiger partial charge in [-0.05, 0) is 43.2 Å². The van der Waals surface area contributed by atoms with E-state index >= 15 is 0 Å². The fourth-order valence-electron chi connectivity index (χ4n) is 2.49. The number of fused-ring (bicyclic) bond motifs is 1. The third kappa shape index (κ3) is 3.65. The van der Waals surface area contributed by atoms with Gasteiger partial charge in [-0.1, -0.05) is 24.3 Å². The molecule has 1 N–H and O–H groups in total. The number of anilines is 1. The Morgan fingerprint density at radius 2 is 2.08 bits per heavy atom. The van der Waals surface area contributed by atoms with Gasteiger partial charge in [-0.3, -0.25) is 20.2 Å². The van der Waals surface area contributed by atoms with E-state index in [0.717, 1.165) is 16.6 Å². The lowest BCUT2D eigenvalue weighted by Gasteiger charge is -2.06. The molecule has 1 amide bonds. The zero-order valence-corrected chi connectivity index (χ0v) is 15.1. The van der Waals surface area contributed by atoms with Gasteiger partial charge in [0, 0.05) is 11.6 Å². The maximum absolute atomic E-state index is 12.5. The van der Waals surface area contributed by atoms with E-state index in [-0.39, 0.29) is 17.0 Å². The number of nitrogens with one attached hydrogen (secondary N) is 1. The Bertz CT molecular complexity index is 984. The number of amides is 1. The molecule has 0 saturated carbocycles. The maximum atomic E-state index is 12.5. The highest BCUT2D eigenvalue weighted by molar-refractivity contribution is 7.22. The number of nitrogens with zero attached hydrogens (tertiary/aromatic N) is 2. The van der Waals surface area contributed by atoms with Crippen molar-refractivity contribution in [2.24, 2.45) is 0 Å². The maximum Gasteiger partial charge on any atom is 0.311 e. The van der Waals surface area contributed by atoms with Gasteiger partial charge < -0.3 is 4.74 Å². The molecule has 1 heterocycles. The number of hydrogen-bond donors (Lipinski definition) is 1. The number of aromatic nitrogens is 1. The minimum atomic E-state index is -0.564. The molecule has 0 unspecified atom stereocenters. The molecule has 0 spiro atoms. The van der Waals surface area contributed by atoms with Crippen LogP contribution in [0.3, 0.4) is 0 Å². The second-order valence-electron chi connectivity index (χ2n) is 5.50. The molecule has 0 fully saturated rings. The molecule has 8 heteroatoms. The molecule has 0 bridgehead atoms. The summed E-state index contributed by atoms with van der Waals surface area (Å²) in [5.41, 5.74) is 1.94. The van der Waals surface area contributed by atoms with Crippen LogP contribution < -0.4 is 10.1 Å². The highest BCUT2D eigenvalue weighted by Gasteiger charge is 2.19. The van der Waals surface area contributed by atoms with Gasteiger partial charge in [0.25, 0.3) is 5.91 Å². The number of aryl methyl sites for hydroxylation is 1. The van der Waals surface area contributed by atoms with E-state index in [1.807, 2.05) is 18.2 Å². The normalized spacial score (nSPS) is 10.7. The summed E-state index contributed by atoms with van der Waals surface area (Å²) in [7, 11) is 0. The Hall–Kier alpha value is -3.00. The summed E-state index contributed by atoms with van der Waals surface area (Å²) >= 11 is 1.37. The summed E-state index contributed by atoms with van der Waals surface area (Å²) in [6.45, 7) is 4.11. The highest BCUT2D eigenvalue weighted by Crippen LogP contribution is 2.30. The van der Waals surface area contributed by atoms with E-state index in [2.05, 4.69) is 17.2 Å². The predicted octanol–water partition coefficient (Wildman–Crippen LogP) is 4.42. The molecule has 2 aromatic carbocycles. The number of hydrogen-bond acceptors (Lipinski definition) is 6. The van der Waals surface area contributed by atoms with E-state index in [1.54, 1.807) is 6.92 Å². The van der Waals surface area contributed by atoms with Crippen molar-refractivity contribution >= 4 is 38.3 Å². The van der Waals surface area contributed by atoms with Crippen molar-refractivity contribution in [2.45, 2.75) is 20.3 Å². The van der Waals surface area contributed by atoms with Gasteiger partial charge in [0.05, 0.1) is 21.7 Å². The molecule has 1 aromatic heterocycles. The number of benzene rings is 2. The standard InChI is InChI=1S/C18H17N3O4S/c1-3-11-5-7-13-16(9-11)26-18(19-13)20-17(22)12-6-8-15(25-4-2)14(10-12)21(23)24/h5-10H,3-4H2,1-2H3,(H,19,20,22). The molecule has 0 aliphatic carbocycles. The minimum absolute atomic E-state index is 0.140. The van der Waals surface area contributed by atoms with Crippen LogP contribution in [0.25, 0.3) is 10.2 Å². The summed E-state index contributed by atoms with van der Waals surface area (Å²) in [5.74, 6) is -0.313. The third-order valence-electron chi connectivity index (χ3n) is 3.80. The molecule has 0 aliphatic rings. The monoisotopic (exact) mass is 371 g/mol. The number of carbonyl (C=O) groups is 1.